The molecule has 0 aromatic heterocycles. The number of hydrogen-bond donors (Lipinski definition) is 1. The topological polar surface area (TPSA) is 79.2 Å². The molecule has 1 amide bonds. The van der Waals surface area contributed by atoms with E-state index in [0.29, 0.717) is 0 Å². The lowest BCUT2D eigenvalue weighted by molar-refractivity contribution is -0.140. The van der Waals surface area contributed by atoms with Gasteiger partial charge >= 0.3 is 5.97 Å². The summed E-state index contributed by atoms with van der Waals surface area (Å²) in [5, 5.41) is 11.9. The molecule has 0 saturated heterocycles. The number of carbonyl (C=O) groups excluding carboxylic acids is 1. The van der Waals surface area contributed by atoms with Gasteiger partial charge in [0.05, 0.1) is 6.54 Å². The zero-order valence-corrected chi connectivity index (χ0v) is 8.14. The summed E-state index contributed by atoms with van der Waals surface area (Å²) in [7, 11) is 1.52. The summed E-state index contributed by atoms with van der Waals surface area (Å²) in [5.74, 6) is 0.758. The van der Waals surface area contributed by atoms with Crippen LogP contribution in [0.4, 0.5) is 0 Å². The van der Waals surface area contributed by atoms with Crippen molar-refractivity contribution in [3.63, 3.8) is 0 Å². The van der Waals surface area contributed by atoms with E-state index >= 15 is 0 Å². The molecular weight excluding hydrogens is 200 g/mol. The Morgan fingerprint density at radius 1 is 1.80 bits per heavy atom. The lowest BCUT2D eigenvalue weighted by Crippen LogP contribution is -2.37. The summed E-state index contributed by atoms with van der Waals surface area (Å²) < 4.78 is 0. The van der Waals surface area contributed by atoms with Crippen molar-refractivity contribution >= 4 is 17.6 Å². The third kappa shape index (κ3) is 2.47. The van der Waals surface area contributed by atoms with Crippen LogP contribution in [-0.4, -0.2) is 47.3 Å². The van der Waals surface area contributed by atoms with Gasteiger partial charge in [-0.25, -0.2) is 4.79 Å². The largest absolute Gasteiger partial charge is 0.477 e. The number of carboxylic acids is 1. The minimum absolute atomic E-state index is 0.0247. The molecule has 0 radical (unpaired) electrons. The van der Waals surface area contributed by atoms with Crippen molar-refractivity contribution in [3.8, 4) is 12.3 Å². The van der Waals surface area contributed by atoms with Crippen LogP contribution in [-0.2, 0) is 14.4 Å². The minimum Gasteiger partial charge on any atom is -0.477 e. The number of terminal acetylenes is 1. The number of oxime groups is 1. The van der Waals surface area contributed by atoms with Crippen LogP contribution in [0.2, 0.25) is 0 Å². The highest BCUT2D eigenvalue weighted by Crippen LogP contribution is 2.12. The molecule has 0 bridgehead atoms. The van der Waals surface area contributed by atoms with Crippen LogP contribution >= 0.6 is 0 Å². The van der Waals surface area contributed by atoms with Gasteiger partial charge in [-0.3, -0.25) is 4.79 Å². The number of hydrogen-bond acceptors (Lipinski definition) is 4. The van der Waals surface area contributed by atoms with Crippen LogP contribution in [0.25, 0.3) is 0 Å². The van der Waals surface area contributed by atoms with E-state index in [0.717, 1.165) is 0 Å². The average Bonchev–Trinajstić information content (AvgIpc) is 2.65. The number of aliphatic carboxylic acids is 1. The van der Waals surface area contributed by atoms with Crippen LogP contribution in [0.15, 0.2) is 5.16 Å². The Bertz CT molecular complexity index is 356. The van der Waals surface area contributed by atoms with E-state index in [1.807, 2.05) is 0 Å². The molecule has 1 atom stereocenters. The van der Waals surface area contributed by atoms with Crippen LogP contribution in [0, 0.1) is 12.3 Å². The first-order chi connectivity index (χ1) is 7.06. The van der Waals surface area contributed by atoms with E-state index in [1.54, 1.807) is 0 Å². The maximum atomic E-state index is 11.5. The van der Waals surface area contributed by atoms with Gasteiger partial charge in [0, 0.05) is 13.5 Å². The first-order valence-corrected chi connectivity index (χ1v) is 4.20. The number of carbonyl (C=O) groups is 2. The van der Waals surface area contributed by atoms with Gasteiger partial charge in [0.15, 0.2) is 5.71 Å². The van der Waals surface area contributed by atoms with Gasteiger partial charge in [0.1, 0.15) is 0 Å². The van der Waals surface area contributed by atoms with Crippen molar-refractivity contribution in [2.24, 2.45) is 5.16 Å². The van der Waals surface area contributed by atoms with E-state index in [4.69, 9.17) is 16.4 Å². The molecule has 6 nitrogen and oxygen atoms in total. The Morgan fingerprint density at radius 3 is 2.93 bits per heavy atom. The Kier molecular flexibility index (Phi) is 3.29. The molecule has 1 aliphatic rings. The zero-order chi connectivity index (χ0) is 11.4. The van der Waals surface area contributed by atoms with Gasteiger partial charge in [0.25, 0.3) is 5.91 Å². The molecule has 1 heterocycles. The monoisotopic (exact) mass is 210 g/mol. The van der Waals surface area contributed by atoms with Crippen molar-refractivity contribution in [2.75, 3.05) is 13.6 Å². The summed E-state index contributed by atoms with van der Waals surface area (Å²) in [5.41, 5.74) is -0.151. The van der Waals surface area contributed by atoms with Crippen molar-refractivity contribution < 1.29 is 19.5 Å². The van der Waals surface area contributed by atoms with Gasteiger partial charge in [-0.1, -0.05) is 11.1 Å². The van der Waals surface area contributed by atoms with Gasteiger partial charge in [-0.05, 0) is 0 Å². The molecule has 0 saturated carbocycles. The number of likely N-dealkylation sites (N-methyl/N-ethyl adjacent to an activating group) is 1. The maximum absolute atomic E-state index is 11.5. The molecule has 15 heavy (non-hydrogen) atoms. The molecule has 0 aliphatic carbocycles. The van der Waals surface area contributed by atoms with Crippen molar-refractivity contribution in [1.82, 2.24) is 4.90 Å². The zero-order valence-electron chi connectivity index (χ0n) is 8.14. The molecule has 0 aromatic carbocycles. The van der Waals surface area contributed by atoms with E-state index in [-0.39, 0.29) is 24.6 Å². The summed E-state index contributed by atoms with van der Waals surface area (Å²) in [4.78, 5) is 28.0. The minimum atomic E-state index is -1.18. The number of rotatable bonds is 3. The van der Waals surface area contributed by atoms with Crippen LogP contribution in [0.3, 0.4) is 0 Å². The second kappa shape index (κ2) is 4.46. The van der Waals surface area contributed by atoms with E-state index in [2.05, 4.69) is 11.1 Å². The highest BCUT2D eigenvalue weighted by molar-refractivity contribution is 6.36. The summed E-state index contributed by atoms with van der Waals surface area (Å²) >= 11 is 0. The second-order valence-corrected chi connectivity index (χ2v) is 3.04. The fourth-order valence-corrected chi connectivity index (χ4v) is 1.10. The lowest BCUT2D eigenvalue weighted by Gasteiger charge is -2.16. The van der Waals surface area contributed by atoms with Gasteiger partial charge in [-0.15, -0.1) is 6.42 Å². The SMILES string of the molecule is C#CCN(C)C(=O)C1CC(C(=O)O)=NO1. The molecule has 0 fully saturated rings. The quantitative estimate of drug-likeness (QED) is 0.625. The normalized spacial score (nSPS) is 18.7. The predicted molar refractivity (Wildman–Crippen MR) is 51.0 cm³/mol. The fourth-order valence-electron chi connectivity index (χ4n) is 1.10. The Labute approximate surface area is 86.5 Å². The molecule has 80 valence electrons. The third-order valence-corrected chi connectivity index (χ3v) is 1.90. The average molecular weight is 210 g/mol. The third-order valence-electron chi connectivity index (χ3n) is 1.90. The highest BCUT2D eigenvalue weighted by atomic mass is 16.6. The summed E-state index contributed by atoms with van der Waals surface area (Å²) in [6.07, 6.45) is 4.14. The number of carboxylic acid groups (broad SMARTS) is 1. The van der Waals surface area contributed by atoms with Crippen LogP contribution in [0.5, 0.6) is 0 Å². The first-order valence-electron chi connectivity index (χ1n) is 4.20. The highest BCUT2D eigenvalue weighted by Gasteiger charge is 2.32. The fraction of sp³-hybridized carbons (Fsp3) is 0.444. The Balaban J connectivity index is 2.54. The molecular formula is C9H10N2O4. The Hall–Kier alpha value is -2.03. The molecule has 1 aliphatic heterocycles. The van der Waals surface area contributed by atoms with E-state index in [1.165, 1.54) is 11.9 Å². The summed E-state index contributed by atoms with van der Waals surface area (Å²) in [6.45, 7) is 0.154. The molecule has 0 spiro atoms. The number of nitrogens with zero attached hydrogens (tertiary/aromatic N) is 2. The molecule has 1 N–H and O–H groups in total. The molecule has 1 unspecified atom stereocenters. The van der Waals surface area contributed by atoms with E-state index < -0.39 is 12.1 Å². The number of amides is 1. The molecule has 1 rings (SSSR count). The standard InChI is InChI=1S/C9H10N2O4/c1-3-4-11(2)8(12)7-5-6(9(13)14)10-15-7/h1,7H,4-5H2,2H3,(H,13,14). The van der Waals surface area contributed by atoms with Crippen molar-refractivity contribution in [3.05, 3.63) is 0 Å². The summed E-state index contributed by atoms with van der Waals surface area (Å²) in [6, 6.07) is 0. The second-order valence-electron chi connectivity index (χ2n) is 3.04. The Morgan fingerprint density at radius 2 is 2.47 bits per heavy atom. The van der Waals surface area contributed by atoms with Crippen molar-refractivity contribution in [2.45, 2.75) is 12.5 Å². The first kappa shape index (κ1) is 11.0. The predicted octanol–water partition coefficient (Wildman–Crippen LogP) is -0.692. The van der Waals surface area contributed by atoms with Gasteiger partial charge < -0.3 is 14.8 Å². The van der Waals surface area contributed by atoms with Gasteiger partial charge in [0.2, 0.25) is 6.10 Å². The van der Waals surface area contributed by atoms with Crippen LogP contribution in [0.1, 0.15) is 6.42 Å². The van der Waals surface area contributed by atoms with Crippen LogP contribution < -0.4 is 0 Å². The molecule has 0 aromatic rings. The van der Waals surface area contributed by atoms with E-state index in [9.17, 15) is 9.59 Å². The van der Waals surface area contributed by atoms with Crippen molar-refractivity contribution in [1.29, 1.82) is 0 Å². The maximum Gasteiger partial charge on any atom is 0.353 e. The molecule has 6 heteroatoms. The smallest absolute Gasteiger partial charge is 0.353 e. The lowest BCUT2D eigenvalue weighted by atomic mass is 10.1. The van der Waals surface area contributed by atoms with Gasteiger partial charge in [-0.2, -0.15) is 0 Å².